The molecule has 0 aliphatic rings. The fourth-order valence-corrected chi connectivity index (χ4v) is 2.91. The normalized spacial score (nSPS) is 13.7. The van der Waals surface area contributed by atoms with Crippen LogP contribution in [-0.2, 0) is 25.7 Å². The molecule has 0 spiro atoms. The third-order valence-corrected chi connectivity index (χ3v) is 4.86. The number of benzene rings is 1. The number of rotatable bonds is 13. The van der Waals surface area contributed by atoms with Crippen LogP contribution in [0.4, 0.5) is 4.79 Å². The molecule has 0 aromatic heterocycles. The number of amides is 2. The van der Waals surface area contributed by atoms with Crippen molar-refractivity contribution >= 4 is 23.8 Å². The number of ether oxygens (including phenoxy) is 1. The Labute approximate surface area is 183 Å². The van der Waals surface area contributed by atoms with Gasteiger partial charge in [0.15, 0.2) is 5.78 Å². The molecule has 8 heteroatoms. The van der Waals surface area contributed by atoms with E-state index in [2.05, 4.69) is 10.6 Å². The molecule has 31 heavy (non-hydrogen) atoms. The molecule has 1 aromatic carbocycles. The minimum atomic E-state index is -1.05. The first kappa shape index (κ1) is 26.1. The molecule has 0 fully saturated rings. The Morgan fingerprint density at radius 3 is 2.26 bits per heavy atom. The number of carbonyl (C=O) groups excluding carboxylic acids is 3. The lowest BCUT2D eigenvalue weighted by atomic mass is 9.95. The third kappa shape index (κ3) is 10.1. The van der Waals surface area contributed by atoms with Crippen LogP contribution in [0, 0.1) is 11.8 Å². The predicted octanol–water partition coefficient (Wildman–Crippen LogP) is 3.25. The van der Waals surface area contributed by atoms with Gasteiger partial charge in [0.05, 0.1) is 6.04 Å². The molecule has 3 N–H and O–H groups in total. The molecule has 0 bridgehead atoms. The van der Waals surface area contributed by atoms with Crippen LogP contribution in [0.25, 0.3) is 0 Å². The summed E-state index contributed by atoms with van der Waals surface area (Å²) < 4.78 is 5.21. The lowest BCUT2D eigenvalue weighted by Gasteiger charge is -2.26. The van der Waals surface area contributed by atoms with Crippen molar-refractivity contribution in [3.63, 3.8) is 0 Å². The average Bonchev–Trinajstić information content (AvgIpc) is 2.72. The number of alkyl carbamates (subject to hydrolysis) is 1. The fraction of sp³-hybridized carbons (Fsp3) is 0.522. The van der Waals surface area contributed by atoms with Crippen LogP contribution in [0.2, 0.25) is 0 Å². The molecule has 2 amide bonds. The molecule has 171 valence electrons. The molecule has 1 aromatic rings. The van der Waals surface area contributed by atoms with Crippen molar-refractivity contribution in [1.29, 1.82) is 0 Å². The maximum Gasteiger partial charge on any atom is 0.408 e. The molecule has 0 aliphatic carbocycles. The van der Waals surface area contributed by atoms with Crippen molar-refractivity contribution in [2.45, 2.75) is 72.1 Å². The topological polar surface area (TPSA) is 122 Å². The maximum absolute atomic E-state index is 12.9. The SMILES string of the molecule is CC[C@H](C)[C@H](NC(=O)OCc1ccccc1)C(=O)N[C@@H](CCC(=O)O)C(=O)C[C](C)C. The quantitative estimate of drug-likeness (QED) is 0.439. The van der Waals surface area contributed by atoms with Gasteiger partial charge in [0.2, 0.25) is 5.91 Å². The minimum Gasteiger partial charge on any atom is -0.481 e. The number of hydrogen-bond donors (Lipinski definition) is 3. The van der Waals surface area contributed by atoms with Gasteiger partial charge in [-0.3, -0.25) is 14.4 Å². The highest BCUT2D eigenvalue weighted by atomic mass is 16.5. The van der Waals surface area contributed by atoms with Gasteiger partial charge in [-0.05, 0) is 23.8 Å². The van der Waals surface area contributed by atoms with Crippen LogP contribution in [-0.4, -0.2) is 40.9 Å². The summed E-state index contributed by atoms with van der Waals surface area (Å²) in [5, 5.41) is 14.2. The first-order valence-electron chi connectivity index (χ1n) is 10.4. The highest BCUT2D eigenvalue weighted by Gasteiger charge is 2.30. The summed E-state index contributed by atoms with van der Waals surface area (Å²) >= 11 is 0. The Kier molecular flexibility index (Phi) is 11.3. The number of aliphatic carboxylic acids is 1. The lowest BCUT2D eigenvalue weighted by molar-refractivity contribution is -0.138. The van der Waals surface area contributed by atoms with Gasteiger partial charge in [0, 0.05) is 12.8 Å². The Morgan fingerprint density at radius 2 is 1.71 bits per heavy atom. The Morgan fingerprint density at radius 1 is 1.06 bits per heavy atom. The van der Waals surface area contributed by atoms with Gasteiger partial charge in [-0.2, -0.15) is 0 Å². The first-order chi connectivity index (χ1) is 14.6. The van der Waals surface area contributed by atoms with E-state index in [1.165, 1.54) is 0 Å². The zero-order chi connectivity index (χ0) is 23.4. The third-order valence-electron chi connectivity index (χ3n) is 4.86. The summed E-state index contributed by atoms with van der Waals surface area (Å²) in [6, 6.07) is 7.29. The van der Waals surface area contributed by atoms with Crippen LogP contribution in [0.3, 0.4) is 0 Å². The summed E-state index contributed by atoms with van der Waals surface area (Å²) in [7, 11) is 0. The zero-order valence-electron chi connectivity index (χ0n) is 18.6. The molecule has 3 atom stereocenters. The van der Waals surface area contributed by atoms with Gasteiger partial charge in [-0.25, -0.2) is 4.79 Å². The molecule has 0 saturated carbocycles. The second-order valence-electron chi connectivity index (χ2n) is 7.91. The van der Waals surface area contributed by atoms with Gasteiger partial charge in [0.25, 0.3) is 0 Å². The number of Topliss-reactive ketones (excluding diaryl/α,β-unsaturated/α-hetero) is 1. The van der Waals surface area contributed by atoms with Crippen LogP contribution in [0.15, 0.2) is 30.3 Å². The largest absolute Gasteiger partial charge is 0.481 e. The average molecular weight is 434 g/mol. The van der Waals surface area contributed by atoms with Crippen LogP contribution >= 0.6 is 0 Å². The van der Waals surface area contributed by atoms with Crippen molar-refractivity contribution in [2.75, 3.05) is 0 Å². The van der Waals surface area contributed by atoms with Crippen molar-refractivity contribution in [2.24, 2.45) is 5.92 Å². The molecule has 0 unspecified atom stereocenters. The van der Waals surface area contributed by atoms with Crippen molar-refractivity contribution in [1.82, 2.24) is 10.6 Å². The number of carbonyl (C=O) groups is 4. The first-order valence-corrected chi connectivity index (χ1v) is 10.4. The van der Waals surface area contributed by atoms with Gasteiger partial charge in [-0.15, -0.1) is 0 Å². The molecule has 0 heterocycles. The number of carboxylic acid groups (broad SMARTS) is 1. The van der Waals surface area contributed by atoms with Gasteiger partial charge in [-0.1, -0.05) is 64.4 Å². The van der Waals surface area contributed by atoms with E-state index in [9.17, 15) is 19.2 Å². The van der Waals surface area contributed by atoms with Crippen molar-refractivity contribution < 1.29 is 29.0 Å². The number of carboxylic acids is 1. The van der Waals surface area contributed by atoms with Crippen LogP contribution < -0.4 is 10.6 Å². The minimum absolute atomic E-state index is 0.0150. The summed E-state index contributed by atoms with van der Waals surface area (Å²) in [4.78, 5) is 48.6. The molecule has 1 rings (SSSR count). The van der Waals surface area contributed by atoms with Gasteiger partial charge >= 0.3 is 12.1 Å². The molecule has 0 aliphatic heterocycles. The van der Waals surface area contributed by atoms with Crippen molar-refractivity contribution in [3.8, 4) is 0 Å². The monoisotopic (exact) mass is 433 g/mol. The maximum atomic E-state index is 12.9. The molecule has 0 saturated heterocycles. The highest BCUT2D eigenvalue weighted by molar-refractivity contribution is 5.93. The fourth-order valence-electron chi connectivity index (χ4n) is 2.91. The summed E-state index contributed by atoms with van der Waals surface area (Å²) in [5.74, 6) is -1.21. The summed E-state index contributed by atoms with van der Waals surface area (Å²) in [5.41, 5.74) is 0.813. The van der Waals surface area contributed by atoms with Crippen molar-refractivity contribution in [3.05, 3.63) is 41.8 Å². The molecule has 8 nitrogen and oxygen atoms in total. The lowest BCUT2D eigenvalue weighted by Crippen LogP contribution is -2.54. The van der Waals surface area contributed by atoms with E-state index in [1.807, 2.05) is 37.3 Å². The Bertz CT molecular complexity index is 735. The van der Waals surface area contributed by atoms with Crippen LogP contribution in [0.1, 0.15) is 58.9 Å². The standard InChI is InChI=1S/C23H33N2O6/c1-5-16(4)21(25-23(30)31-14-17-9-7-6-8-10-17)22(29)24-18(11-12-20(27)28)19(26)13-15(2)3/h6-10,16,18,21H,5,11-14H2,1-4H3,(H,24,29)(H,25,30)(H,27,28)/t16-,18-,21-/m0/s1. The highest BCUT2D eigenvalue weighted by Crippen LogP contribution is 2.13. The van der Waals surface area contributed by atoms with E-state index in [4.69, 9.17) is 9.84 Å². The van der Waals surface area contributed by atoms with E-state index >= 15 is 0 Å². The Hall–Kier alpha value is -2.90. The van der Waals surface area contributed by atoms with Crippen LogP contribution in [0.5, 0.6) is 0 Å². The number of hydrogen-bond acceptors (Lipinski definition) is 5. The van der Waals surface area contributed by atoms with E-state index in [1.54, 1.807) is 20.8 Å². The van der Waals surface area contributed by atoms with Gasteiger partial charge < -0.3 is 20.5 Å². The number of nitrogens with one attached hydrogen (secondary N) is 2. The van der Waals surface area contributed by atoms with E-state index < -0.39 is 30.1 Å². The summed E-state index contributed by atoms with van der Waals surface area (Å²) in [6.07, 6.45) is -0.258. The molecular formula is C23H33N2O6. The predicted molar refractivity (Wildman–Crippen MR) is 116 cm³/mol. The second-order valence-corrected chi connectivity index (χ2v) is 7.91. The van der Waals surface area contributed by atoms with E-state index in [-0.39, 0.29) is 37.6 Å². The molecule has 1 radical (unpaired) electrons. The van der Waals surface area contributed by atoms with Gasteiger partial charge in [0.1, 0.15) is 12.6 Å². The Balaban J connectivity index is 2.81. The second kappa shape index (κ2) is 13.4. The van der Waals surface area contributed by atoms with E-state index in [0.29, 0.717) is 6.42 Å². The number of ketones is 1. The van der Waals surface area contributed by atoms with E-state index in [0.717, 1.165) is 11.5 Å². The zero-order valence-corrected chi connectivity index (χ0v) is 18.6. The summed E-state index contributed by atoms with van der Waals surface area (Å²) in [6.45, 7) is 7.33. The smallest absolute Gasteiger partial charge is 0.408 e. The molecular weight excluding hydrogens is 400 g/mol.